The highest BCUT2D eigenvalue weighted by molar-refractivity contribution is 7.18. The van der Waals surface area contributed by atoms with Crippen LogP contribution in [0.5, 0.6) is 5.75 Å². The van der Waals surface area contributed by atoms with Crippen molar-refractivity contribution in [2.45, 2.75) is 45.1 Å². The molecule has 0 unspecified atom stereocenters. The van der Waals surface area contributed by atoms with Crippen molar-refractivity contribution in [3.8, 4) is 5.75 Å². The SMILES string of the molecule is COc1ccccc1[C@H](C)NC(=O)CCc1nc2sc3c(c2c(=O)[nH]1)CCC3. The third kappa shape index (κ3) is 3.54. The predicted octanol–water partition coefficient (Wildman–Crippen LogP) is 3.29. The van der Waals surface area contributed by atoms with Crippen molar-refractivity contribution >= 4 is 27.5 Å². The van der Waals surface area contributed by atoms with Gasteiger partial charge in [-0.3, -0.25) is 9.59 Å². The molecular formula is C21H23N3O3S. The Labute approximate surface area is 167 Å². The molecule has 146 valence electrons. The molecule has 0 aliphatic heterocycles. The number of nitrogens with one attached hydrogen (secondary N) is 2. The van der Waals surface area contributed by atoms with Crippen LogP contribution in [0.4, 0.5) is 0 Å². The van der Waals surface area contributed by atoms with Gasteiger partial charge in [-0.2, -0.15) is 0 Å². The molecule has 1 amide bonds. The first kappa shape index (κ1) is 18.7. The van der Waals surface area contributed by atoms with E-state index < -0.39 is 0 Å². The number of para-hydroxylation sites is 1. The van der Waals surface area contributed by atoms with Gasteiger partial charge in [0.2, 0.25) is 5.91 Å². The molecule has 1 aliphatic carbocycles. The van der Waals surface area contributed by atoms with Crippen molar-refractivity contribution in [2.75, 3.05) is 7.11 Å². The second-order valence-electron chi connectivity index (χ2n) is 7.08. The Bertz CT molecular complexity index is 1090. The Kier molecular flexibility index (Phi) is 5.17. The number of fused-ring (bicyclic) bond motifs is 3. The highest BCUT2D eigenvalue weighted by Crippen LogP contribution is 2.34. The van der Waals surface area contributed by atoms with Gasteiger partial charge in [-0.25, -0.2) is 4.98 Å². The summed E-state index contributed by atoms with van der Waals surface area (Å²) in [5.74, 6) is 1.23. The molecule has 0 spiro atoms. The summed E-state index contributed by atoms with van der Waals surface area (Å²) in [5, 5.41) is 3.73. The maximum atomic E-state index is 12.5. The van der Waals surface area contributed by atoms with Crippen LogP contribution in [0.15, 0.2) is 29.1 Å². The molecule has 3 aromatic rings. The zero-order valence-electron chi connectivity index (χ0n) is 16.0. The molecule has 6 nitrogen and oxygen atoms in total. The summed E-state index contributed by atoms with van der Waals surface area (Å²) in [4.78, 5) is 34.4. The lowest BCUT2D eigenvalue weighted by molar-refractivity contribution is -0.121. The molecule has 2 N–H and O–H groups in total. The van der Waals surface area contributed by atoms with E-state index in [1.165, 1.54) is 10.4 Å². The van der Waals surface area contributed by atoms with Crippen LogP contribution >= 0.6 is 11.3 Å². The van der Waals surface area contributed by atoms with Crippen LogP contribution < -0.4 is 15.6 Å². The van der Waals surface area contributed by atoms with Crippen LogP contribution in [-0.2, 0) is 24.1 Å². The predicted molar refractivity (Wildman–Crippen MR) is 110 cm³/mol. The van der Waals surface area contributed by atoms with E-state index >= 15 is 0 Å². The van der Waals surface area contributed by atoms with Crippen LogP contribution in [0, 0.1) is 0 Å². The van der Waals surface area contributed by atoms with E-state index in [0.717, 1.165) is 40.8 Å². The highest BCUT2D eigenvalue weighted by atomic mass is 32.1. The molecular weight excluding hydrogens is 374 g/mol. The number of nitrogens with zero attached hydrogens (tertiary/aromatic N) is 1. The average molecular weight is 398 g/mol. The number of rotatable bonds is 6. The van der Waals surface area contributed by atoms with Crippen molar-refractivity contribution in [1.29, 1.82) is 0 Å². The van der Waals surface area contributed by atoms with Crippen LogP contribution in [0.25, 0.3) is 10.2 Å². The van der Waals surface area contributed by atoms with E-state index in [1.54, 1.807) is 18.4 Å². The number of aromatic amines is 1. The van der Waals surface area contributed by atoms with Gasteiger partial charge in [0.25, 0.3) is 5.56 Å². The van der Waals surface area contributed by atoms with Crippen molar-refractivity contribution in [1.82, 2.24) is 15.3 Å². The standard InChI is InChI=1S/C21H23N3O3S/c1-12(13-6-3-4-8-15(13)27-2)22-18(25)11-10-17-23-20(26)19-14-7-5-9-16(14)28-21(19)24-17/h3-4,6,8,12H,5,7,9-11H2,1-2H3,(H,22,25)(H,23,24,26)/t12-/m0/s1. The van der Waals surface area contributed by atoms with E-state index in [1.807, 2.05) is 31.2 Å². The second-order valence-corrected chi connectivity index (χ2v) is 8.16. The fraction of sp³-hybridized carbons (Fsp3) is 0.381. The number of methoxy groups -OCH3 is 1. The molecule has 7 heteroatoms. The number of amides is 1. The number of aryl methyl sites for hydroxylation is 3. The first-order valence-electron chi connectivity index (χ1n) is 9.52. The molecule has 28 heavy (non-hydrogen) atoms. The van der Waals surface area contributed by atoms with Crippen molar-refractivity contribution < 1.29 is 9.53 Å². The van der Waals surface area contributed by atoms with Gasteiger partial charge in [0, 0.05) is 23.3 Å². The number of ether oxygens (including phenoxy) is 1. The van der Waals surface area contributed by atoms with Gasteiger partial charge in [-0.1, -0.05) is 18.2 Å². The second kappa shape index (κ2) is 7.75. The smallest absolute Gasteiger partial charge is 0.259 e. The molecule has 4 rings (SSSR count). The average Bonchev–Trinajstić information content (AvgIpc) is 3.27. The highest BCUT2D eigenvalue weighted by Gasteiger charge is 2.21. The van der Waals surface area contributed by atoms with Crippen LogP contribution in [0.2, 0.25) is 0 Å². The van der Waals surface area contributed by atoms with Crippen LogP contribution in [0.3, 0.4) is 0 Å². The first-order valence-corrected chi connectivity index (χ1v) is 10.3. The molecule has 0 radical (unpaired) electrons. The fourth-order valence-electron chi connectivity index (χ4n) is 3.81. The largest absolute Gasteiger partial charge is 0.496 e. The van der Waals surface area contributed by atoms with Gasteiger partial charge >= 0.3 is 0 Å². The number of aromatic nitrogens is 2. The van der Waals surface area contributed by atoms with Crippen LogP contribution in [-0.4, -0.2) is 23.0 Å². The third-order valence-electron chi connectivity index (χ3n) is 5.20. The van der Waals surface area contributed by atoms with Gasteiger partial charge < -0.3 is 15.0 Å². The summed E-state index contributed by atoms with van der Waals surface area (Å²) < 4.78 is 5.36. The summed E-state index contributed by atoms with van der Waals surface area (Å²) >= 11 is 1.62. The number of hydrogen-bond donors (Lipinski definition) is 2. The number of hydrogen-bond acceptors (Lipinski definition) is 5. The zero-order valence-corrected chi connectivity index (χ0v) is 16.8. The summed E-state index contributed by atoms with van der Waals surface area (Å²) in [5.41, 5.74) is 2.02. The lowest BCUT2D eigenvalue weighted by Gasteiger charge is -2.17. The maximum absolute atomic E-state index is 12.5. The molecule has 0 bridgehead atoms. The van der Waals surface area contributed by atoms with E-state index in [0.29, 0.717) is 12.2 Å². The van der Waals surface area contributed by atoms with Crippen LogP contribution in [0.1, 0.15) is 47.6 Å². The molecule has 2 heterocycles. The van der Waals surface area contributed by atoms with Gasteiger partial charge in [-0.05, 0) is 37.8 Å². The van der Waals surface area contributed by atoms with Gasteiger partial charge in [0.1, 0.15) is 16.4 Å². The maximum Gasteiger partial charge on any atom is 0.259 e. The summed E-state index contributed by atoms with van der Waals surface area (Å²) in [7, 11) is 1.62. The molecule has 1 aromatic carbocycles. The summed E-state index contributed by atoms with van der Waals surface area (Å²) in [6.45, 7) is 1.93. The molecule has 1 aliphatic rings. The lowest BCUT2D eigenvalue weighted by Crippen LogP contribution is -2.27. The molecule has 1 atom stereocenters. The van der Waals surface area contributed by atoms with E-state index in [2.05, 4.69) is 15.3 Å². The Morgan fingerprint density at radius 1 is 1.36 bits per heavy atom. The quantitative estimate of drug-likeness (QED) is 0.668. The minimum Gasteiger partial charge on any atom is -0.496 e. The Hall–Kier alpha value is -2.67. The molecule has 0 saturated carbocycles. The number of benzene rings is 1. The Balaban J connectivity index is 1.43. The zero-order chi connectivity index (χ0) is 19.7. The number of thiophene rings is 1. The van der Waals surface area contributed by atoms with Gasteiger partial charge in [-0.15, -0.1) is 11.3 Å². The first-order chi connectivity index (χ1) is 13.6. The summed E-state index contributed by atoms with van der Waals surface area (Å²) in [6.07, 6.45) is 3.77. The van der Waals surface area contributed by atoms with Crippen molar-refractivity contribution in [2.24, 2.45) is 0 Å². The van der Waals surface area contributed by atoms with E-state index in [9.17, 15) is 9.59 Å². The fourth-order valence-corrected chi connectivity index (χ4v) is 5.09. The van der Waals surface area contributed by atoms with Crippen molar-refractivity contribution in [3.63, 3.8) is 0 Å². The Morgan fingerprint density at radius 3 is 3.00 bits per heavy atom. The monoisotopic (exact) mass is 397 g/mol. The topological polar surface area (TPSA) is 84.1 Å². The minimum atomic E-state index is -0.168. The Morgan fingerprint density at radius 2 is 2.18 bits per heavy atom. The third-order valence-corrected chi connectivity index (χ3v) is 6.38. The molecule has 0 fully saturated rings. The van der Waals surface area contributed by atoms with Gasteiger partial charge in [0.15, 0.2) is 0 Å². The van der Waals surface area contributed by atoms with E-state index in [-0.39, 0.29) is 23.9 Å². The van der Waals surface area contributed by atoms with Crippen molar-refractivity contribution in [3.05, 3.63) is 56.4 Å². The number of carbonyl (C=O) groups is 1. The van der Waals surface area contributed by atoms with Gasteiger partial charge in [0.05, 0.1) is 18.5 Å². The lowest BCUT2D eigenvalue weighted by atomic mass is 10.1. The minimum absolute atomic E-state index is 0.0813. The number of carbonyl (C=O) groups excluding carboxylic acids is 1. The molecule has 2 aromatic heterocycles. The molecule has 0 saturated heterocycles. The number of H-pyrrole nitrogens is 1. The summed E-state index contributed by atoms with van der Waals surface area (Å²) in [6, 6.07) is 7.46. The normalized spacial score (nSPS) is 14.1. The van der Waals surface area contributed by atoms with E-state index in [4.69, 9.17) is 4.74 Å².